The molecule has 0 bridgehead atoms. The zero-order valence-corrected chi connectivity index (χ0v) is 10.4. The quantitative estimate of drug-likeness (QED) is 0.793. The van der Waals surface area contributed by atoms with Crippen LogP contribution < -0.4 is 4.90 Å². The first-order valence-corrected chi connectivity index (χ1v) is 5.90. The number of ether oxygens (including phenoxy) is 1. The van der Waals surface area contributed by atoms with Crippen molar-refractivity contribution in [2.75, 3.05) is 25.1 Å². The van der Waals surface area contributed by atoms with E-state index in [2.05, 4.69) is 0 Å². The lowest BCUT2D eigenvalue weighted by Crippen LogP contribution is -2.23. The van der Waals surface area contributed by atoms with Crippen LogP contribution in [0.4, 0.5) is 18.9 Å². The highest BCUT2D eigenvalue weighted by Gasteiger charge is 2.34. The van der Waals surface area contributed by atoms with Crippen molar-refractivity contribution >= 4 is 12.0 Å². The molecule has 1 aromatic rings. The minimum absolute atomic E-state index is 0.0417. The molecule has 1 saturated heterocycles. The fourth-order valence-corrected chi connectivity index (χ4v) is 2.24. The summed E-state index contributed by atoms with van der Waals surface area (Å²) in [5.41, 5.74) is -0.753. The molecule has 0 amide bonds. The summed E-state index contributed by atoms with van der Waals surface area (Å²) < 4.78 is 43.7. The molecule has 0 saturated carbocycles. The summed E-state index contributed by atoms with van der Waals surface area (Å²) in [6.45, 7) is 1.21. The standard InChI is InChI=1S/C13H14F3NO2/c1-19-11-4-5-17(7-11)10-3-2-9(8-18)12(6-10)13(14,15)16/h2-3,6,8,11H,4-5,7H2,1H3. The van der Waals surface area contributed by atoms with Gasteiger partial charge in [-0.1, -0.05) is 0 Å². The third-order valence-electron chi connectivity index (χ3n) is 3.31. The molecule has 1 aromatic carbocycles. The van der Waals surface area contributed by atoms with Crippen molar-refractivity contribution in [2.24, 2.45) is 0 Å². The van der Waals surface area contributed by atoms with E-state index in [1.807, 2.05) is 4.90 Å². The van der Waals surface area contributed by atoms with Gasteiger partial charge in [0.25, 0.3) is 0 Å². The summed E-state index contributed by atoms with van der Waals surface area (Å²) in [6, 6.07) is 3.78. The second-order valence-corrected chi connectivity index (χ2v) is 4.48. The molecule has 0 aromatic heterocycles. The van der Waals surface area contributed by atoms with Crippen molar-refractivity contribution < 1.29 is 22.7 Å². The molecule has 0 N–H and O–H groups in total. The molecule has 104 valence electrons. The van der Waals surface area contributed by atoms with Crippen molar-refractivity contribution in [3.63, 3.8) is 0 Å². The van der Waals surface area contributed by atoms with Crippen LogP contribution in [0.5, 0.6) is 0 Å². The Balaban J connectivity index is 2.31. The van der Waals surface area contributed by atoms with Crippen LogP contribution >= 0.6 is 0 Å². The second-order valence-electron chi connectivity index (χ2n) is 4.48. The molecule has 1 aliphatic heterocycles. The van der Waals surface area contributed by atoms with Crippen LogP contribution in [0, 0.1) is 0 Å². The van der Waals surface area contributed by atoms with Gasteiger partial charge >= 0.3 is 6.18 Å². The van der Waals surface area contributed by atoms with Crippen LogP contribution in [0.2, 0.25) is 0 Å². The van der Waals surface area contributed by atoms with E-state index >= 15 is 0 Å². The maximum Gasteiger partial charge on any atom is 0.417 e. The van der Waals surface area contributed by atoms with Gasteiger partial charge in [0.1, 0.15) is 0 Å². The van der Waals surface area contributed by atoms with Crippen molar-refractivity contribution in [3.8, 4) is 0 Å². The molecular formula is C13H14F3NO2. The van der Waals surface area contributed by atoms with Gasteiger partial charge < -0.3 is 9.64 Å². The number of aldehydes is 1. The van der Waals surface area contributed by atoms with Gasteiger partial charge in [0.05, 0.1) is 11.7 Å². The number of hydrogen-bond acceptors (Lipinski definition) is 3. The van der Waals surface area contributed by atoms with Gasteiger partial charge in [-0.15, -0.1) is 0 Å². The van der Waals surface area contributed by atoms with Crippen LogP contribution in [-0.2, 0) is 10.9 Å². The van der Waals surface area contributed by atoms with E-state index < -0.39 is 11.7 Å². The number of methoxy groups -OCH3 is 1. The van der Waals surface area contributed by atoms with E-state index in [0.717, 1.165) is 12.5 Å². The molecule has 0 radical (unpaired) electrons. The smallest absolute Gasteiger partial charge is 0.380 e. The molecular weight excluding hydrogens is 259 g/mol. The Hall–Kier alpha value is -1.56. The molecule has 0 aliphatic carbocycles. The van der Waals surface area contributed by atoms with E-state index in [9.17, 15) is 18.0 Å². The van der Waals surface area contributed by atoms with Crippen molar-refractivity contribution in [3.05, 3.63) is 29.3 Å². The maximum absolute atomic E-state index is 12.8. The van der Waals surface area contributed by atoms with Gasteiger partial charge in [-0.05, 0) is 24.6 Å². The number of halogens is 3. The Bertz CT molecular complexity index is 473. The highest BCUT2D eigenvalue weighted by molar-refractivity contribution is 5.79. The number of carbonyl (C=O) groups excluding carboxylic acids is 1. The minimum Gasteiger partial charge on any atom is -0.380 e. The van der Waals surface area contributed by atoms with Gasteiger partial charge in [0, 0.05) is 31.5 Å². The molecule has 1 heterocycles. The van der Waals surface area contributed by atoms with Crippen LogP contribution in [0.3, 0.4) is 0 Å². The predicted octanol–water partition coefficient (Wildman–Crippen LogP) is 2.74. The zero-order chi connectivity index (χ0) is 14.0. The maximum atomic E-state index is 12.8. The highest BCUT2D eigenvalue weighted by atomic mass is 19.4. The minimum atomic E-state index is -4.52. The van der Waals surface area contributed by atoms with Gasteiger partial charge in [-0.3, -0.25) is 4.79 Å². The number of hydrogen-bond donors (Lipinski definition) is 0. The molecule has 0 spiro atoms. The van der Waals surface area contributed by atoms with Crippen LogP contribution in [0.1, 0.15) is 22.3 Å². The Morgan fingerprint density at radius 2 is 2.16 bits per heavy atom. The predicted molar refractivity (Wildman–Crippen MR) is 64.5 cm³/mol. The first-order chi connectivity index (χ1) is 8.95. The Morgan fingerprint density at radius 1 is 1.42 bits per heavy atom. The normalized spacial score (nSPS) is 19.8. The lowest BCUT2D eigenvalue weighted by atomic mass is 10.1. The average molecular weight is 273 g/mol. The van der Waals surface area contributed by atoms with Gasteiger partial charge in [0.2, 0.25) is 0 Å². The van der Waals surface area contributed by atoms with E-state index in [1.165, 1.54) is 12.1 Å². The summed E-state index contributed by atoms with van der Waals surface area (Å²) in [5.74, 6) is 0. The number of nitrogens with zero attached hydrogens (tertiary/aromatic N) is 1. The molecule has 1 aliphatic rings. The van der Waals surface area contributed by atoms with E-state index in [-0.39, 0.29) is 18.0 Å². The van der Waals surface area contributed by atoms with Gasteiger partial charge in [-0.2, -0.15) is 13.2 Å². The number of carbonyl (C=O) groups is 1. The van der Waals surface area contributed by atoms with E-state index in [4.69, 9.17) is 4.74 Å². The fraction of sp³-hybridized carbons (Fsp3) is 0.462. The van der Waals surface area contributed by atoms with Crippen LogP contribution in [-0.4, -0.2) is 32.6 Å². The van der Waals surface area contributed by atoms with Gasteiger partial charge in [-0.25, -0.2) is 0 Å². The third-order valence-corrected chi connectivity index (χ3v) is 3.31. The summed E-state index contributed by atoms with van der Waals surface area (Å²) in [5, 5.41) is 0. The van der Waals surface area contributed by atoms with Crippen molar-refractivity contribution in [1.82, 2.24) is 0 Å². The van der Waals surface area contributed by atoms with Crippen molar-refractivity contribution in [1.29, 1.82) is 0 Å². The monoisotopic (exact) mass is 273 g/mol. The summed E-state index contributed by atoms with van der Waals surface area (Å²) >= 11 is 0. The molecule has 2 rings (SSSR count). The largest absolute Gasteiger partial charge is 0.417 e. The summed E-state index contributed by atoms with van der Waals surface area (Å²) in [6.07, 6.45) is -3.46. The summed E-state index contributed by atoms with van der Waals surface area (Å²) in [4.78, 5) is 12.5. The molecule has 19 heavy (non-hydrogen) atoms. The van der Waals surface area contributed by atoms with E-state index in [0.29, 0.717) is 18.8 Å². The lowest BCUT2D eigenvalue weighted by Gasteiger charge is -2.20. The Labute approximate surface area is 109 Å². The molecule has 6 heteroatoms. The topological polar surface area (TPSA) is 29.5 Å². The third kappa shape index (κ3) is 2.89. The van der Waals surface area contributed by atoms with Crippen molar-refractivity contribution in [2.45, 2.75) is 18.7 Å². The molecule has 1 unspecified atom stereocenters. The highest BCUT2D eigenvalue weighted by Crippen LogP contribution is 2.34. The Morgan fingerprint density at radius 3 is 2.68 bits per heavy atom. The number of rotatable bonds is 3. The SMILES string of the molecule is COC1CCN(c2ccc(C=O)c(C(F)(F)F)c2)C1. The molecule has 1 atom stereocenters. The first-order valence-electron chi connectivity index (χ1n) is 5.90. The zero-order valence-electron chi connectivity index (χ0n) is 10.4. The molecule has 1 fully saturated rings. The number of alkyl halides is 3. The Kier molecular flexibility index (Phi) is 3.80. The second kappa shape index (κ2) is 5.21. The number of anilines is 1. The summed E-state index contributed by atoms with van der Waals surface area (Å²) in [7, 11) is 1.59. The van der Waals surface area contributed by atoms with Crippen LogP contribution in [0.15, 0.2) is 18.2 Å². The molecule has 3 nitrogen and oxygen atoms in total. The van der Waals surface area contributed by atoms with Gasteiger partial charge in [0.15, 0.2) is 6.29 Å². The average Bonchev–Trinajstić information content (AvgIpc) is 2.85. The fourth-order valence-electron chi connectivity index (χ4n) is 2.24. The van der Waals surface area contributed by atoms with Crippen LogP contribution in [0.25, 0.3) is 0 Å². The number of benzene rings is 1. The van der Waals surface area contributed by atoms with E-state index in [1.54, 1.807) is 7.11 Å². The lowest BCUT2D eigenvalue weighted by molar-refractivity contribution is -0.137. The first kappa shape index (κ1) is 13.9.